The molecule has 0 bridgehead atoms. The first-order valence-electron chi connectivity index (χ1n) is 6.58. The molecule has 5 heteroatoms. The van der Waals surface area contributed by atoms with Crippen molar-refractivity contribution < 1.29 is 4.74 Å². The molecule has 2 atom stereocenters. The van der Waals surface area contributed by atoms with Gasteiger partial charge in [-0.25, -0.2) is 4.98 Å². The third-order valence-electron chi connectivity index (χ3n) is 3.28. The molecule has 0 aromatic carbocycles. The predicted octanol–water partition coefficient (Wildman–Crippen LogP) is 1.20. The van der Waals surface area contributed by atoms with Crippen LogP contribution in [0.1, 0.15) is 26.0 Å². The maximum Gasteiger partial charge on any atom is 0.147 e. The lowest BCUT2D eigenvalue weighted by molar-refractivity contribution is 0.0296. The van der Waals surface area contributed by atoms with Gasteiger partial charge in [-0.2, -0.15) is 0 Å². The molecule has 100 valence electrons. The molecule has 2 heterocycles. The first-order valence-corrected chi connectivity index (χ1v) is 6.58. The van der Waals surface area contributed by atoms with E-state index in [1.165, 1.54) is 0 Å². The van der Waals surface area contributed by atoms with E-state index in [1.807, 2.05) is 19.4 Å². The van der Waals surface area contributed by atoms with Crippen LogP contribution in [0.15, 0.2) is 12.4 Å². The van der Waals surface area contributed by atoms with Crippen LogP contribution >= 0.6 is 0 Å². The quantitative estimate of drug-likeness (QED) is 0.870. The maximum atomic E-state index is 5.70. The molecule has 5 nitrogen and oxygen atoms in total. The van der Waals surface area contributed by atoms with Crippen molar-refractivity contribution in [3.8, 4) is 0 Å². The molecule has 1 aliphatic heterocycles. The Morgan fingerprint density at radius 1 is 1.44 bits per heavy atom. The highest BCUT2D eigenvalue weighted by atomic mass is 16.5. The smallest absolute Gasteiger partial charge is 0.147 e. The highest BCUT2D eigenvalue weighted by Crippen LogP contribution is 2.20. The second-order valence-corrected chi connectivity index (χ2v) is 4.75. The first-order chi connectivity index (χ1) is 8.74. The molecular formula is C13H22N4O. The minimum atomic E-state index is 0.256. The minimum absolute atomic E-state index is 0.256. The maximum absolute atomic E-state index is 5.70. The van der Waals surface area contributed by atoms with E-state index in [1.54, 1.807) is 0 Å². The van der Waals surface area contributed by atoms with Crippen LogP contribution in [0.4, 0.5) is 5.82 Å². The van der Waals surface area contributed by atoms with Crippen LogP contribution in [0, 0.1) is 0 Å². The summed E-state index contributed by atoms with van der Waals surface area (Å²) in [6.07, 6.45) is 5.03. The van der Waals surface area contributed by atoms with Gasteiger partial charge >= 0.3 is 0 Å². The Labute approximate surface area is 109 Å². The number of nitrogens with zero attached hydrogens (tertiary/aromatic N) is 3. The molecule has 0 aliphatic carbocycles. The Kier molecular flexibility index (Phi) is 4.49. The second kappa shape index (κ2) is 6.11. The van der Waals surface area contributed by atoms with Gasteiger partial charge in [0, 0.05) is 13.1 Å². The minimum Gasteiger partial charge on any atom is -0.375 e. The zero-order valence-electron chi connectivity index (χ0n) is 11.4. The number of morpholine rings is 1. The summed E-state index contributed by atoms with van der Waals surface area (Å²) in [6.45, 7) is 6.70. The predicted molar refractivity (Wildman–Crippen MR) is 71.6 cm³/mol. The Hall–Kier alpha value is -1.20. The van der Waals surface area contributed by atoms with Crippen LogP contribution < -0.4 is 10.2 Å². The van der Waals surface area contributed by atoms with Crippen LogP contribution in [0.3, 0.4) is 0 Å². The molecule has 18 heavy (non-hydrogen) atoms. The molecule has 1 aromatic heterocycles. The van der Waals surface area contributed by atoms with Crippen molar-refractivity contribution in [2.24, 2.45) is 0 Å². The summed E-state index contributed by atoms with van der Waals surface area (Å²) < 4.78 is 5.70. The molecule has 0 saturated carbocycles. The molecule has 0 spiro atoms. The van der Waals surface area contributed by atoms with Gasteiger partial charge < -0.3 is 15.0 Å². The van der Waals surface area contributed by atoms with E-state index >= 15 is 0 Å². The van der Waals surface area contributed by atoms with E-state index in [2.05, 4.69) is 34.0 Å². The number of ether oxygens (including phenoxy) is 1. The lowest BCUT2D eigenvalue weighted by Crippen LogP contribution is -2.49. The molecule has 1 saturated heterocycles. The SMILES string of the molecule is CCC1COC(C)CN1c1cnc(CNC)cn1. The number of anilines is 1. The number of nitrogens with one attached hydrogen (secondary N) is 1. The molecule has 1 aromatic rings. The van der Waals surface area contributed by atoms with Crippen LogP contribution in [0.2, 0.25) is 0 Å². The monoisotopic (exact) mass is 250 g/mol. The summed E-state index contributed by atoms with van der Waals surface area (Å²) in [5.41, 5.74) is 0.968. The number of hydrogen-bond acceptors (Lipinski definition) is 5. The van der Waals surface area contributed by atoms with Crippen molar-refractivity contribution in [3.63, 3.8) is 0 Å². The largest absolute Gasteiger partial charge is 0.375 e. The van der Waals surface area contributed by atoms with E-state index in [9.17, 15) is 0 Å². The summed E-state index contributed by atoms with van der Waals surface area (Å²) in [5.74, 6) is 0.955. The van der Waals surface area contributed by atoms with Crippen molar-refractivity contribution in [1.82, 2.24) is 15.3 Å². The molecular weight excluding hydrogens is 228 g/mol. The van der Waals surface area contributed by atoms with Crippen molar-refractivity contribution >= 4 is 5.82 Å². The Morgan fingerprint density at radius 3 is 2.89 bits per heavy atom. The van der Waals surface area contributed by atoms with E-state index in [-0.39, 0.29) is 6.10 Å². The fourth-order valence-electron chi connectivity index (χ4n) is 2.23. The molecule has 2 unspecified atom stereocenters. The van der Waals surface area contributed by atoms with Crippen LogP contribution in [-0.2, 0) is 11.3 Å². The summed E-state index contributed by atoms with van der Waals surface area (Å²) in [7, 11) is 1.91. The van der Waals surface area contributed by atoms with Crippen molar-refractivity contribution in [2.75, 3.05) is 25.1 Å². The van der Waals surface area contributed by atoms with Gasteiger partial charge in [-0.15, -0.1) is 0 Å². The average molecular weight is 250 g/mol. The molecule has 2 rings (SSSR count). The number of rotatable bonds is 4. The van der Waals surface area contributed by atoms with Gasteiger partial charge in [0.25, 0.3) is 0 Å². The Morgan fingerprint density at radius 2 is 2.28 bits per heavy atom. The van der Waals surface area contributed by atoms with Crippen molar-refractivity contribution in [2.45, 2.75) is 39.0 Å². The fraction of sp³-hybridized carbons (Fsp3) is 0.692. The first kappa shape index (κ1) is 13.2. The van der Waals surface area contributed by atoms with Crippen LogP contribution in [0.25, 0.3) is 0 Å². The van der Waals surface area contributed by atoms with Gasteiger partial charge in [-0.3, -0.25) is 4.98 Å². The number of aromatic nitrogens is 2. The molecule has 1 aliphatic rings. The summed E-state index contributed by atoms with van der Waals surface area (Å²) in [5, 5.41) is 3.07. The van der Waals surface area contributed by atoms with Gasteiger partial charge in [0.1, 0.15) is 5.82 Å². The molecule has 1 fully saturated rings. The average Bonchev–Trinajstić information content (AvgIpc) is 2.40. The Balaban J connectivity index is 2.12. The Bertz CT molecular complexity index is 368. The lowest BCUT2D eigenvalue weighted by Gasteiger charge is -2.38. The van der Waals surface area contributed by atoms with Gasteiger partial charge in [0.15, 0.2) is 0 Å². The topological polar surface area (TPSA) is 50.3 Å². The molecule has 0 radical (unpaired) electrons. The number of hydrogen-bond donors (Lipinski definition) is 1. The van der Waals surface area contributed by atoms with Gasteiger partial charge in [0.05, 0.1) is 36.8 Å². The third kappa shape index (κ3) is 2.97. The molecule has 1 N–H and O–H groups in total. The highest BCUT2D eigenvalue weighted by molar-refractivity contribution is 5.38. The summed E-state index contributed by atoms with van der Waals surface area (Å²) in [6, 6.07) is 0.408. The van der Waals surface area contributed by atoms with Gasteiger partial charge in [-0.05, 0) is 20.4 Å². The van der Waals surface area contributed by atoms with Crippen LogP contribution in [-0.4, -0.2) is 42.3 Å². The van der Waals surface area contributed by atoms with Crippen molar-refractivity contribution in [1.29, 1.82) is 0 Å². The van der Waals surface area contributed by atoms with E-state index in [0.717, 1.165) is 37.6 Å². The third-order valence-corrected chi connectivity index (χ3v) is 3.28. The van der Waals surface area contributed by atoms with Gasteiger partial charge in [-0.1, -0.05) is 6.92 Å². The van der Waals surface area contributed by atoms with Crippen molar-refractivity contribution in [3.05, 3.63) is 18.1 Å². The van der Waals surface area contributed by atoms with E-state index < -0.39 is 0 Å². The fourth-order valence-corrected chi connectivity index (χ4v) is 2.23. The summed E-state index contributed by atoms with van der Waals surface area (Å²) >= 11 is 0. The lowest BCUT2D eigenvalue weighted by atomic mass is 10.1. The summed E-state index contributed by atoms with van der Waals surface area (Å²) in [4.78, 5) is 11.3. The van der Waals surface area contributed by atoms with Crippen LogP contribution in [0.5, 0.6) is 0 Å². The molecule has 0 amide bonds. The normalized spacial score (nSPS) is 24.3. The zero-order valence-corrected chi connectivity index (χ0v) is 11.4. The van der Waals surface area contributed by atoms with E-state index in [4.69, 9.17) is 4.74 Å². The standard InChI is InChI=1S/C13H22N4O/c1-4-12-9-18-10(2)8-17(12)13-7-15-11(5-14-3)6-16-13/h6-7,10,12,14H,4-5,8-9H2,1-3H3. The highest BCUT2D eigenvalue weighted by Gasteiger charge is 2.26. The second-order valence-electron chi connectivity index (χ2n) is 4.75. The van der Waals surface area contributed by atoms with E-state index in [0.29, 0.717) is 6.04 Å². The van der Waals surface area contributed by atoms with Gasteiger partial charge in [0.2, 0.25) is 0 Å². The zero-order chi connectivity index (χ0) is 13.0.